The fourth-order valence-corrected chi connectivity index (χ4v) is 5.28. The van der Waals surface area contributed by atoms with Gasteiger partial charge < -0.3 is 14.7 Å². The molecule has 11 heteroatoms. The zero-order valence-corrected chi connectivity index (χ0v) is 21.5. The number of carboxylic acid groups (broad SMARTS) is 1. The van der Waals surface area contributed by atoms with Gasteiger partial charge in [0.15, 0.2) is 0 Å². The SMILES string of the molecule is Cc1cccc(Cc2ccc(OC(=O)N3CCC(Sc4nnnn4-c4ccc(C(=O)O)cc4)CC3)cc2)n1. The van der Waals surface area contributed by atoms with Gasteiger partial charge in [0.2, 0.25) is 5.16 Å². The van der Waals surface area contributed by atoms with Crippen LogP contribution in [-0.4, -0.2) is 65.6 Å². The lowest BCUT2D eigenvalue weighted by molar-refractivity contribution is 0.0696. The molecule has 1 N–H and O–H groups in total. The fourth-order valence-electron chi connectivity index (χ4n) is 4.21. The summed E-state index contributed by atoms with van der Waals surface area (Å²) in [6.07, 6.45) is 1.91. The number of aryl methyl sites for hydroxylation is 1. The molecular formula is C27H26N6O4S. The highest BCUT2D eigenvalue weighted by molar-refractivity contribution is 7.99. The second kappa shape index (κ2) is 11.4. The number of amides is 1. The molecule has 1 aliphatic rings. The Morgan fingerprint density at radius 3 is 2.45 bits per heavy atom. The van der Waals surface area contributed by atoms with Crippen LogP contribution in [-0.2, 0) is 6.42 Å². The zero-order chi connectivity index (χ0) is 26.5. The number of aromatic nitrogens is 5. The normalized spacial score (nSPS) is 13.9. The van der Waals surface area contributed by atoms with Crippen molar-refractivity contribution in [3.63, 3.8) is 0 Å². The van der Waals surface area contributed by atoms with E-state index >= 15 is 0 Å². The number of thioether (sulfide) groups is 1. The molecular weight excluding hydrogens is 504 g/mol. The number of piperidine rings is 1. The summed E-state index contributed by atoms with van der Waals surface area (Å²) in [7, 11) is 0. The summed E-state index contributed by atoms with van der Waals surface area (Å²) in [4.78, 5) is 30.1. The first-order valence-corrected chi connectivity index (χ1v) is 13.1. The standard InChI is InChI=1S/C27H26N6O4S/c1-18-3-2-4-21(28-18)17-19-5-11-23(12-6-19)37-27(36)32-15-13-24(14-16-32)38-26-29-30-31-33(26)22-9-7-20(8-10-22)25(34)35/h2-12,24H,13-17H2,1H3,(H,34,35). The van der Waals surface area contributed by atoms with Crippen LogP contribution in [0.5, 0.6) is 5.75 Å². The zero-order valence-electron chi connectivity index (χ0n) is 20.7. The molecule has 3 heterocycles. The molecule has 0 spiro atoms. The number of nitrogens with zero attached hydrogens (tertiary/aromatic N) is 6. The number of rotatable bonds is 7. The van der Waals surface area contributed by atoms with E-state index < -0.39 is 5.97 Å². The van der Waals surface area contributed by atoms with Gasteiger partial charge >= 0.3 is 12.1 Å². The number of hydrogen-bond donors (Lipinski definition) is 1. The third-order valence-corrected chi connectivity index (χ3v) is 7.50. The molecule has 10 nitrogen and oxygen atoms in total. The van der Waals surface area contributed by atoms with Crippen LogP contribution in [0.3, 0.4) is 0 Å². The van der Waals surface area contributed by atoms with Crippen LogP contribution in [0.15, 0.2) is 71.9 Å². The summed E-state index contributed by atoms with van der Waals surface area (Å²) < 4.78 is 7.20. The lowest BCUT2D eigenvalue weighted by atomic mass is 10.1. The van der Waals surface area contributed by atoms with E-state index in [0.29, 0.717) is 29.7 Å². The third-order valence-electron chi connectivity index (χ3n) is 6.23. The number of carboxylic acids is 1. The summed E-state index contributed by atoms with van der Waals surface area (Å²) in [6.45, 7) is 3.12. The van der Waals surface area contributed by atoms with E-state index in [2.05, 4.69) is 20.5 Å². The molecule has 0 aliphatic carbocycles. The molecule has 2 aromatic carbocycles. The Bertz CT molecular complexity index is 1420. The Morgan fingerprint density at radius 2 is 1.76 bits per heavy atom. The van der Waals surface area contributed by atoms with Crippen LogP contribution in [0.25, 0.3) is 5.69 Å². The Kier molecular flexibility index (Phi) is 7.64. The predicted octanol–water partition coefficient (Wildman–Crippen LogP) is 4.41. The Balaban J connectivity index is 1.12. The van der Waals surface area contributed by atoms with Gasteiger partial charge in [-0.05, 0) is 84.3 Å². The number of likely N-dealkylation sites (tertiary alicyclic amines) is 1. The summed E-state index contributed by atoms with van der Waals surface area (Å²) in [6, 6.07) is 19.9. The second-order valence-corrected chi connectivity index (χ2v) is 10.3. The summed E-state index contributed by atoms with van der Waals surface area (Å²) >= 11 is 1.55. The van der Waals surface area contributed by atoms with Crippen molar-refractivity contribution in [1.82, 2.24) is 30.1 Å². The molecule has 1 saturated heterocycles. The van der Waals surface area contributed by atoms with Crippen molar-refractivity contribution in [2.75, 3.05) is 13.1 Å². The highest BCUT2D eigenvalue weighted by Crippen LogP contribution is 2.30. The van der Waals surface area contributed by atoms with Crippen LogP contribution in [0.4, 0.5) is 4.79 Å². The van der Waals surface area contributed by atoms with Crippen LogP contribution >= 0.6 is 11.8 Å². The molecule has 4 aromatic rings. The molecule has 5 rings (SSSR count). The number of tetrazole rings is 1. The summed E-state index contributed by atoms with van der Waals surface area (Å²) in [5.74, 6) is -0.471. The average molecular weight is 531 g/mol. The number of carbonyl (C=O) groups excluding carboxylic acids is 1. The van der Waals surface area contributed by atoms with Gasteiger partial charge in [-0.15, -0.1) is 5.10 Å². The first kappa shape index (κ1) is 25.4. The predicted molar refractivity (Wildman–Crippen MR) is 141 cm³/mol. The van der Waals surface area contributed by atoms with E-state index in [1.165, 1.54) is 12.1 Å². The molecule has 0 atom stereocenters. The molecule has 0 radical (unpaired) electrons. The highest BCUT2D eigenvalue weighted by atomic mass is 32.2. The molecule has 1 aliphatic heterocycles. The first-order chi connectivity index (χ1) is 18.4. The van der Waals surface area contributed by atoms with Gasteiger partial charge in [0, 0.05) is 36.1 Å². The maximum Gasteiger partial charge on any atom is 0.415 e. The van der Waals surface area contributed by atoms with Crippen molar-refractivity contribution >= 4 is 23.8 Å². The summed E-state index contributed by atoms with van der Waals surface area (Å²) in [5.41, 5.74) is 3.97. The van der Waals surface area contributed by atoms with Gasteiger partial charge in [0.05, 0.1) is 11.3 Å². The number of pyridine rings is 1. The molecule has 0 saturated carbocycles. The fraction of sp³-hybridized carbons (Fsp3) is 0.259. The van der Waals surface area contributed by atoms with Gasteiger partial charge in [0.25, 0.3) is 0 Å². The van der Waals surface area contributed by atoms with Gasteiger partial charge in [-0.3, -0.25) is 4.98 Å². The number of carbonyl (C=O) groups is 2. The van der Waals surface area contributed by atoms with Gasteiger partial charge in [-0.1, -0.05) is 30.0 Å². The molecule has 2 aromatic heterocycles. The van der Waals surface area contributed by atoms with Crippen LogP contribution in [0, 0.1) is 6.92 Å². The van der Waals surface area contributed by atoms with Crippen LogP contribution in [0.2, 0.25) is 0 Å². The van der Waals surface area contributed by atoms with Gasteiger partial charge in [-0.25, -0.2) is 9.59 Å². The van der Waals surface area contributed by atoms with Crippen molar-refractivity contribution in [1.29, 1.82) is 0 Å². The minimum Gasteiger partial charge on any atom is -0.478 e. The Morgan fingerprint density at radius 1 is 1.03 bits per heavy atom. The Hall–Kier alpha value is -4.25. The van der Waals surface area contributed by atoms with Gasteiger partial charge in [0.1, 0.15) is 5.75 Å². The minimum absolute atomic E-state index is 0.200. The molecule has 0 bridgehead atoms. The lowest BCUT2D eigenvalue weighted by Crippen LogP contribution is -2.41. The highest BCUT2D eigenvalue weighted by Gasteiger charge is 2.26. The van der Waals surface area contributed by atoms with E-state index in [9.17, 15) is 9.59 Å². The van der Waals surface area contributed by atoms with Gasteiger partial charge in [-0.2, -0.15) is 4.68 Å². The quantitative estimate of drug-likeness (QED) is 0.370. The molecule has 1 amide bonds. The number of aromatic carboxylic acids is 1. The van der Waals surface area contributed by atoms with E-state index in [0.717, 1.165) is 36.2 Å². The van der Waals surface area contributed by atoms with E-state index in [1.807, 2.05) is 49.4 Å². The largest absolute Gasteiger partial charge is 0.478 e. The second-order valence-electron chi connectivity index (χ2n) is 8.99. The average Bonchev–Trinajstić information content (AvgIpc) is 3.38. The first-order valence-electron chi connectivity index (χ1n) is 12.2. The van der Waals surface area contributed by atoms with E-state index in [1.54, 1.807) is 33.5 Å². The monoisotopic (exact) mass is 530 g/mol. The topological polar surface area (TPSA) is 123 Å². The van der Waals surface area contributed by atoms with E-state index in [-0.39, 0.29) is 16.9 Å². The van der Waals surface area contributed by atoms with Crippen molar-refractivity contribution in [3.05, 3.63) is 89.2 Å². The lowest BCUT2D eigenvalue weighted by Gasteiger charge is -2.30. The summed E-state index contributed by atoms with van der Waals surface area (Å²) in [5, 5.41) is 21.9. The van der Waals surface area contributed by atoms with Crippen molar-refractivity contribution in [3.8, 4) is 11.4 Å². The molecule has 194 valence electrons. The molecule has 0 unspecified atom stereocenters. The van der Waals surface area contributed by atoms with Crippen molar-refractivity contribution in [2.45, 2.75) is 36.6 Å². The van der Waals surface area contributed by atoms with Crippen LogP contribution < -0.4 is 4.74 Å². The van der Waals surface area contributed by atoms with Crippen molar-refractivity contribution in [2.24, 2.45) is 0 Å². The van der Waals surface area contributed by atoms with E-state index in [4.69, 9.17) is 9.84 Å². The van der Waals surface area contributed by atoms with Crippen LogP contribution in [0.1, 0.15) is 40.2 Å². The maximum absolute atomic E-state index is 12.7. The third kappa shape index (κ3) is 6.17. The Labute approximate surface area is 223 Å². The van der Waals surface area contributed by atoms with Crippen molar-refractivity contribution < 1.29 is 19.4 Å². The molecule has 1 fully saturated rings. The molecule has 38 heavy (non-hydrogen) atoms. The number of ether oxygens (including phenoxy) is 1. The minimum atomic E-state index is -0.985. The smallest absolute Gasteiger partial charge is 0.415 e. The number of benzene rings is 2. The number of hydrogen-bond acceptors (Lipinski definition) is 8. The maximum atomic E-state index is 12.7.